The number of para-hydroxylation sites is 1. The molecule has 276 valence electrons. The maximum Gasteiger partial charge on any atom is 0.417 e. The van der Waals surface area contributed by atoms with E-state index in [4.69, 9.17) is 0 Å². The van der Waals surface area contributed by atoms with Crippen LogP contribution >= 0.6 is 11.3 Å². The van der Waals surface area contributed by atoms with E-state index in [-0.39, 0.29) is 16.7 Å². The summed E-state index contributed by atoms with van der Waals surface area (Å²) in [5.41, 5.74) is 11.7. The Kier molecular flexibility index (Phi) is 8.17. The zero-order valence-corrected chi connectivity index (χ0v) is 32.0. The number of hydrogen-bond acceptors (Lipinski definition) is 3. The quantitative estimate of drug-likeness (QED) is 0.168. The molecule has 9 aromatic rings. The van der Waals surface area contributed by atoms with Crippen molar-refractivity contribution in [3.8, 4) is 44.6 Å². The van der Waals surface area contributed by atoms with Crippen LogP contribution in [0.1, 0.15) is 30.5 Å². The molecule has 0 atom stereocenters. The summed E-state index contributed by atoms with van der Waals surface area (Å²) in [5.74, 6) is 0. The molecule has 0 saturated heterocycles. The van der Waals surface area contributed by atoms with Gasteiger partial charge in [-0.15, -0.1) is 11.3 Å². The Hall–Kier alpha value is -6.50. The van der Waals surface area contributed by atoms with Crippen LogP contribution in [0.15, 0.2) is 176 Å². The lowest BCUT2D eigenvalue weighted by atomic mass is 9.82. The number of thiophene rings is 1. The van der Waals surface area contributed by atoms with Gasteiger partial charge in [0.15, 0.2) is 0 Å². The number of pyridine rings is 1. The van der Waals surface area contributed by atoms with Gasteiger partial charge in [-0.1, -0.05) is 129 Å². The third-order valence-corrected chi connectivity index (χ3v) is 12.5. The SMILES string of the molecule is CC1(C)c2ccccc2-c2ccc(N(c3ccc(-c4ccc(-c5ccccc5C(F)(F)F)nc4)cc3)c3ccccc3-c3cccc4sc5ccccc5c34)cc21. The normalized spacial score (nSPS) is 13.1. The van der Waals surface area contributed by atoms with E-state index in [1.807, 2.05) is 17.4 Å². The summed E-state index contributed by atoms with van der Waals surface area (Å²) in [6.45, 7) is 4.61. The molecular formula is C51H35F3N2S. The number of nitrogens with zero attached hydrogens (tertiary/aromatic N) is 2. The van der Waals surface area contributed by atoms with Crippen molar-refractivity contribution in [2.24, 2.45) is 0 Å². The molecule has 1 aliphatic carbocycles. The zero-order valence-electron chi connectivity index (χ0n) is 31.2. The number of hydrogen-bond donors (Lipinski definition) is 0. The molecule has 0 bridgehead atoms. The highest BCUT2D eigenvalue weighted by Gasteiger charge is 2.36. The number of fused-ring (bicyclic) bond motifs is 6. The second kappa shape index (κ2) is 13.3. The largest absolute Gasteiger partial charge is 0.417 e. The van der Waals surface area contributed by atoms with Gasteiger partial charge in [0.2, 0.25) is 0 Å². The molecule has 0 amide bonds. The third-order valence-electron chi connectivity index (χ3n) is 11.4. The van der Waals surface area contributed by atoms with Gasteiger partial charge in [-0.3, -0.25) is 4.98 Å². The highest BCUT2D eigenvalue weighted by atomic mass is 32.1. The zero-order chi connectivity index (χ0) is 38.9. The van der Waals surface area contributed by atoms with Gasteiger partial charge in [-0.25, -0.2) is 0 Å². The van der Waals surface area contributed by atoms with Crippen molar-refractivity contribution in [1.82, 2.24) is 4.98 Å². The van der Waals surface area contributed by atoms with E-state index in [2.05, 4.69) is 157 Å². The summed E-state index contributed by atoms with van der Waals surface area (Å²) in [6, 6.07) is 56.8. The minimum atomic E-state index is -4.47. The molecule has 0 aliphatic heterocycles. The van der Waals surface area contributed by atoms with Crippen LogP contribution in [0.2, 0.25) is 0 Å². The van der Waals surface area contributed by atoms with E-state index in [1.165, 1.54) is 60.1 Å². The van der Waals surface area contributed by atoms with Crippen LogP contribution in [0.3, 0.4) is 0 Å². The van der Waals surface area contributed by atoms with E-state index in [0.717, 1.165) is 39.8 Å². The first kappa shape index (κ1) is 35.0. The molecule has 0 unspecified atom stereocenters. The molecule has 10 rings (SSSR count). The van der Waals surface area contributed by atoms with E-state index in [0.29, 0.717) is 0 Å². The molecule has 0 N–H and O–H groups in total. The van der Waals surface area contributed by atoms with Crippen molar-refractivity contribution >= 4 is 48.6 Å². The lowest BCUT2D eigenvalue weighted by Gasteiger charge is -2.30. The van der Waals surface area contributed by atoms with Crippen LogP contribution < -0.4 is 4.90 Å². The van der Waals surface area contributed by atoms with Crippen molar-refractivity contribution in [2.45, 2.75) is 25.4 Å². The van der Waals surface area contributed by atoms with Crippen molar-refractivity contribution in [1.29, 1.82) is 0 Å². The number of benzene rings is 7. The van der Waals surface area contributed by atoms with Gasteiger partial charge in [-0.05, 0) is 88.0 Å². The molecule has 0 radical (unpaired) electrons. The molecule has 57 heavy (non-hydrogen) atoms. The molecular weight excluding hydrogens is 730 g/mol. The summed E-state index contributed by atoms with van der Waals surface area (Å²) < 4.78 is 43.9. The summed E-state index contributed by atoms with van der Waals surface area (Å²) >= 11 is 1.82. The Bertz CT molecular complexity index is 2980. The van der Waals surface area contributed by atoms with Gasteiger partial charge in [-0.2, -0.15) is 13.2 Å². The van der Waals surface area contributed by atoms with Crippen LogP contribution in [0.5, 0.6) is 0 Å². The van der Waals surface area contributed by atoms with Crippen LogP contribution in [-0.4, -0.2) is 4.98 Å². The summed E-state index contributed by atoms with van der Waals surface area (Å²) in [6.07, 6.45) is -2.82. The fourth-order valence-corrected chi connectivity index (χ4v) is 9.77. The average molecular weight is 765 g/mol. The van der Waals surface area contributed by atoms with Crippen LogP contribution in [0.25, 0.3) is 64.8 Å². The van der Waals surface area contributed by atoms with Gasteiger partial charge in [0, 0.05) is 59.8 Å². The summed E-state index contributed by atoms with van der Waals surface area (Å²) in [5, 5.41) is 2.50. The van der Waals surface area contributed by atoms with Crippen LogP contribution in [0.4, 0.5) is 30.2 Å². The molecule has 6 heteroatoms. The second-order valence-corrected chi connectivity index (χ2v) is 16.1. The standard InChI is InChI=1S/C51H35F3N2S/c1-50(2)42-17-7-3-12-36(42)37-28-27-35(30-44(37)50)56(46-19-9-5-13-38(46)39-16-11-21-48-49(39)41-15-6-10-20-47(41)57-48)34-25-22-32(23-26-34)33-24-29-45(55-31-33)40-14-4-8-18-43(40)51(52,53)54/h3-31H,1-2H3. The predicted molar refractivity (Wildman–Crippen MR) is 231 cm³/mol. The van der Waals surface area contributed by atoms with Gasteiger partial charge in [0.1, 0.15) is 0 Å². The van der Waals surface area contributed by atoms with E-state index in [1.54, 1.807) is 18.3 Å². The predicted octanol–water partition coefficient (Wildman–Crippen LogP) is 15.2. The molecule has 1 aliphatic rings. The fourth-order valence-electron chi connectivity index (χ4n) is 8.63. The van der Waals surface area contributed by atoms with Gasteiger partial charge in [0.05, 0.1) is 16.9 Å². The topological polar surface area (TPSA) is 16.1 Å². The maximum absolute atomic E-state index is 13.8. The second-order valence-electron chi connectivity index (χ2n) is 15.1. The third kappa shape index (κ3) is 5.82. The Morgan fingerprint density at radius 2 is 1.16 bits per heavy atom. The molecule has 0 spiro atoms. The Morgan fingerprint density at radius 3 is 1.95 bits per heavy atom. The summed E-state index contributed by atoms with van der Waals surface area (Å²) in [7, 11) is 0. The minimum Gasteiger partial charge on any atom is -0.310 e. The smallest absolute Gasteiger partial charge is 0.310 e. The van der Waals surface area contributed by atoms with Crippen molar-refractivity contribution < 1.29 is 13.2 Å². The Balaban J connectivity index is 1.11. The van der Waals surface area contributed by atoms with E-state index < -0.39 is 11.7 Å². The fraction of sp³-hybridized carbons (Fsp3) is 0.0784. The Morgan fingerprint density at radius 1 is 0.526 bits per heavy atom. The molecule has 0 saturated carbocycles. The highest BCUT2D eigenvalue weighted by Crippen LogP contribution is 2.52. The lowest BCUT2D eigenvalue weighted by Crippen LogP contribution is -2.16. The van der Waals surface area contributed by atoms with E-state index in [9.17, 15) is 13.2 Å². The van der Waals surface area contributed by atoms with Crippen molar-refractivity contribution in [3.63, 3.8) is 0 Å². The number of halogens is 3. The first-order chi connectivity index (χ1) is 27.7. The highest BCUT2D eigenvalue weighted by molar-refractivity contribution is 7.25. The van der Waals surface area contributed by atoms with Gasteiger partial charge < -0.3 is 4.90 Å². The van der Waals surface area contributed by atoms with E-state index >= 15 is 0 Å². The number of rotatable bonds is 6. The first-order valence-corrected chi connectivity index (χ1v) is 19.8. The molecule has 2 aromatic heterocycles. The lowest BCUT2D eigenvalue weighted by molar-refractivity contribution is -0.137. The molecule has 7 aromatic carbocycles. The molecule has 2 heterocycles. The van der Waals surface area contributed by atoms with Gasteiger partial charge in [0.25, 0.3) is 0 Å². The van der Waals surface area contributed by atoms with Gasteiger partial charge >= 0.3 is 6.18 Å². The van der Waals surface area contributed by atoms with Crippen molar-refractivity contribution in [2.75, 3.05) is 4.90 Å². The maximum atomic E-state index is 13.8. The average Bonchev–Trinajstić information content (AvgIpc) is 3.73. The van der Waals surface area contributed by atoms with Crippen LogP contribution in [0, 0.1) is 0 Å². The number of anilines is 3. The molecule has 2 nitrogen and oxygen atoms in total. The number of aromatic nitrogens is 1. The summed E-state index contributed by atoms with van der Waals surface area (Å²) in [4.78, 5) is 6.84. The first-order valence-electron chi connectivity index (χ1n) is 18.9. The number of alkyl halides is 3. The van der Waals surface area contributed by atoms with Crippen LogP contribution in [-0.2, 0) is 11.6 Å². The Labute approximate surface area is 333 Å². The molecule has 0 fully saturated rings. The minimum absolute atomic E-state index is 0.0629. The van der Waals surface area contributed by atoms with Crippen molar-refractivity contribution in [3.05, 3.63) is 193 Å². The monoisotopic (exact) mass is 764 g/mol.